The van der Waals surface area contributed by atoms with Crippen LogP contribution in [-0.2, 0) is 4.74 Å². The van der Waals surface area contributed by atoms with Gasteiger partial charge in [0, 0.05) is 12.6 Å². The largest absolute Gasteiger partial charge is 0.435 e. The van der Waals surface area contributed by atoms with E-state index in [0.29, 0.717) is 5.92 Å². The van der Waals surface area contributed by atoms with Crippen LogP contribution in [0.5, 0.6) is 5.75 Å². The number of hydrogen-bond acceptors (Lipinski definition) is 3. The molecule has 2 unspecified atom stereocenters. The topological polar surface area (TPSA) is 44.5 Å². The Kier molecular flexibility index (Phi) is 4.13. The van der Waals surface area contributed by atoms with E-state index in [1.165, 1.54) is 12.5 Å². The van der Waals surface area contributed by atoms with Crippen LogP contribution >= 0.6 is 0 Å². The number of hydrogen-bond donors (Lipinski definition) is 1. The van der Waals surface area contributed by atoms with Gasteiger partial charge in [0.2, 0.25) is 0 Å². The predicted octanol–water partition coefficient (Wildman–Crippen LogP) is 3.64. The van der Waals surface area contributed by atoms with Crippen molar-refractivity contribution < 1.29 is 18.3 Å². The first-order chi connectivity index (χ1) is 10.1. The molecule has 3 rings (SSSR count). The van der Waals surface area contributed by atoms with Crippen molar-refractivity contribution in [3.63, 3.8) is 0 Å². The van der Waals surface area contributed by atoms with Gasteiger partial charge in [0.05, 0.1) is 5.60 Å². The smallest absolute Gasteiger partial charge is 0.387 e. The van der Waals surface area contributed by atoms with Crippen LogP contribution in [0.4, 0.5) is 8.78 Å². The van der Waals surface area contributed by atoms with Gasteiger partial charge in [0.15, 0.2) is 0 Å². The van der Waals surface area contributed by atoms with E-state index in [1.54, 1.807) is 12.1 Å². The summed E-state index contributed by atoms with van der Waals surface area (Å²) in [5, 5.41) is 0. The zero-order valence-corrected chi connectivity index (χ0v) is 11.9. The predicted molar refractivity (Wildman–Crippen MR) is 75.3 cm³/mol. The third-order valence-electron chi connectivity index (χ3n) is 4.77. The number of ether oxygens (including phenoxy) is 2. The highest BCUT2D eigenvalue weighted by molar-refractivity contribution is 5.31. The molecule has 1 saturated heterocycles. The maximum atomic E-state index is 12.3. The average molecular weight is 297 g/mol. The van der Waals surface area contributed by atoms with Gasteiger partial charge in [0.25, 0.3) is 0 Å². The number of benzene rings is 1. The lowest BCUT2D eigenvalue weighted by Crippen LogP contribution is -2.47. The monoisotopic (exact) mass is 297 g/mol. The summed E-state index contributed by atoms with van der Waals surface area (Å²) in [7, 11) is 0. The molecule has 1 aromatic carbocycles. The van der Waals surface area contributed by atoms with Crippen molar-refractivity contribution in [3.05, 3.63) is 29.8 Å². The quantitative estimate of drug-likeness (QED) is 0.923. The summed E-state index contributed by atoms with van der Waals surface area (Å²) in [6.07, 6.45) is 5.34. The van der Waals surface area contributed by atoms with Crippen LogP contribution in [0.1, 0.15) is 43.7 Å². The van der Waals surface area contributed by atoms with E-state index < -0.39 is 6.61 Å². The van der Waals surface area contributed by atoms with Crippen molar-refractivity contribution in [2.45, 2.75) is 50.4 Å². The molecule has 2 fully saturated rings. The van der Waals surface area contributed by atoms with Crippen LogP contribution < -0.4 is 10.5 Å². The van der Waals surface area contributed by atoms with Crippen LogP contribution in [0.3, 0.4) is 0 Å². The molecule has 0 bridgehead atoms. The first-order valence-corrected chi connectivity index (χ1v) is 7.52. The molecule has 1 heterocycles. The van der Waals surface area contributed by atoms with Gasteiger partial charge in [-0.15, -0.1) is 0 Å². The Labute approximate surface area is 123 Å². The molecule has 3 nitrogen and oxygen atoms in total. The second-order valence-electron chi connectivity index (χ2n) is 6.11. The fourth-order valence-electron chi connectivity index (χ4n) is 3.46. The van der Waals surface area contributed by atoms with Crippen molar-refractivity contribution in [3.8, 4) is 5.75 Å². The minimum absolute atomic E-state index is 0.0393. The van der Waals surface area contributed by atoms with Crippen LogP contribution in [0.15, 0.2) is 24.3 Å². The Morgan fingerprint density at radius 1 is 1.33 bits per heavy atom. The van der Waals surface area contributed by atoms with E-state index in [4.69, 9.17) is 10.5 Å². The lowest BCUT2D eigenvalue weighted by molar-refractivity contribution is -0.146. The molecule has 1 aromatic rings. The van der Waals surface area contributed by atoms with Gasteiger partial charge >= 0.3 is 6.61 Å². The van der Waals surface area contributed by atoms with E-state index in [2.05, 4.69) is 4.74 Å². The highest BCUT2D eigenvalue weighted by Crippen LogP contribution is 2.46. The highest BCUT2D eigenvalue weighted by Gasteiger charge is 2.43. The van der Waals surface area contributed by atoms with Gasteiger partial charge < -0.3 is 15.2 Å². The third kappa shape index (κ3) is 3.19. The minimum atomic E-state index is -2.81. The lowest BCUT2D eigenvalue weighted by atomic mass is 9.70. The van der Waals surface area contributed by atoms with Gasteiger partial charge in [-0.1, -0.05) is 12.1 Å². The summed E-state index contributed by atoms with van der Waals surface area (Å²) < 4.78 is 35.0. The van der Waals surface area contributed by atoms with Crippen molar-refractivity contribution in [2.75, 3.05) is 6.61 Å². The molecular weight excluding hydrogens is 276 g/mol. The molecule has 0 aromatic heterocycles. The first-order valence-electron chi connectivity index (χ1n) is 7.52. The summed E-state index contributed by atoms with van der Waals surface area (Å²) in [5.41, 5.74) is 7.27. The van der Waals surface area contributed by atoms with E-state index in [-0.39, 0.29) is 17.4 Å². The Morgan fingerprint density at radius 3 is 2.81 bits per heavy atom. The Bertz CT molecular complexity index is 491. The van der Waals surface area contributed by atoms with Crippen molar-refractivity contribution in [1.82, 2.24) is 0 Å². The molecule has 1 aliphatic carbocycles. The van der Waals surface area contributed by atoms with Crippen molar-refractivity contribution >= 4 is 0 Å². The molecule has 1 saturated carbocycles. The summed E-state index contributed by atoms with van der Waals surface area (Å²) in [6, 6.07) is 6.59. The van der Waals surface area contributed by atoms with Gasteiger partial charge in [-0.2, -0.15) is 8.78 Å². The first kappa shape index (κ1) is 14.7. The number of nitrogens with two attached hydrogens (primary N) is 1. The molecule has 0 radical (unpaired) electrons. The normalized spacial score (nSPS) is 25.6. The second kappa shape index (κ2) is 5.89. The Balaban J connectivity index is 1.70. The summed E-state index contributed by atoms with van der Waals surface area (Å²) >= 11 is 0. The maximum absolute atomic E-state index is 12.3. The molecule has 1 spiro atoms. The van der Waals surface area contributed by atoms with Gasteiger partial charge in [-0.3, -0.25) is 0 Å². The van der Waals surface area contributed by atoms with E-state index in [0.717, 1.165) is 37.9 Å². The van der Waals surface area contributed by atoms with E-state index in [9.17, 15) is 8.78 Å². The standard InChI is InChI=1S/C16H21F2NO2/c17-15(18)21-13-4-1-3-11(9-13)14(19)12-5-8-20-16(10-12)6-2-7-16/h1,3-4,9,12,14-15H,2,5-8,10,19H2. The Morgan fingerprint density at radius 2 is 2.14 bits per heavy atom. The SMILES string of the molecule is NC(c1cccc(OC(F)F)c1)C1CCOC2(CCC2)C1. The summed E-state index contributed by atoms with van der Waals surface area (Å²) in [5.74, 6) is 0.504. The fourth-order valence-corrected chi connectivity index (χ4v) is 3.46. The van der Waals surface area contributed by atoms with Gasteiger partial charge in [-0.05, 0) is 55.7 Å². The van der Waals surface area contributed by atoms with Crippen molar-refractivity contribution in [1.29, 1.82) is 0 Å². The van der Waals surface area contributed by atoms with Crippen LogP contribution in [0, 0.1) is 5.92 Å². The molecule has 0 amide bonds. The molecule has 1 aliphatic heterocycles. The van der Waals surface area contributed by atoms with E-state index in [1.807, 2.05) is 6.07 Å². The molecule has 21 heavy (non-hydrogen) atoms. The molecule has 2 atom stereocenters. The summed E-state index contributed by atoms with van der Waals surface area (Å²) in [6.45, 7) is -2.07. The molecule has 2 N–H and O–H groups in total. The van der Waals surface area contributed by atoms with Crippen molar-refractivity contribution in [2.24, 2.45) is 11.7 Å². The number of alkyl halides is 2. The molecular formula is C16H21F2NO2. The zero-order valence-electron chi connectivity index (χ0n) is 11.9. The average Bonchev–Trinajstić information content (AvgIpc) is 2.44. The van der Waals surface area contributed by atoms with Gasteiger partial charge in [-0.25, -0.2) is 0 Å². The summed E-state index contributed by atoms with van der Waals surface area (Å²) in [4.78, 5) is 0. The van der Waals surface area contributed by atoms with Crippen LogP contribution in [0.2, 0.25) is 0 Å². The second-order valence-corrected chi connectivity index (χ2v) is 6.11. The van der Waals surface area contributed by atoms with Crippen LogP contribution in [-0.4, -0.2) is 18.8 Å². The number of halogens is 2. The molecule has 5 heteroatoms. The Hall–Kier alpha value is -1.20. The fraction of sp³-hybridized carbons (Fsp3) is 0.625. The minimum Gasteiger partial charge on any atom is -0.435 e. The molecule has 2 aliphatic rings. The number of rotatable bonds is 4. The maximum Gasteiger partial charge on any atom is 0.387 e. The van der Waals surface area contributed by atoms with E-state index >= 15 is 0 Å². The lowest BCUT2D eigenvalue weighted by Gasteiger charge is -2.48. The zero-order chi connectivity index (χ0) is 14.9. The highest BCUT2D eigenvalue weighted by atomic mass is 19.3. The van der Waals surface area contributed by atoms with Crippen LogP contribution in [0.25, 0.3) is 0 Å². The molecule has 116 valence electrons. The van der Waals surface area contributed by atoms with Gasteiger partial charge in [0.1, 0.15) is 5.75 Å². The third-order valence-corrected chi connectivity index (χ3v) is 4.77.